The number of aromatic hydroxyl groups is 2. The number of hydrogen-bond donors (Lipinski definition) is 6. The van der Waals surface area contributed by atoms with Crippen molar-refractivity contribution in [3.8, 4) is 11.5 Å². The molecule has 2 unspecified atom stereocenters. The number of benzene rings is 1. The molecule has 0 spiro atoms. The van der Waals surface area contributed by atoms with Crippen LogP contribution in [0.25, 0.3) is 0 Å². The van der Waals surface area contributed by atoms with E-state index in [0.29, 0.717) is 29.7 Å². The molecule has 1 aromatic carbocycles. The van der Waals surface area contributed by atoms with Crippen molar-refractivity contribution in [1.82, 2.24) is 20.5 Å². The molecular weight excluding hydrogens is 718 g/mol. The Morgan fingerprint density at radius 3 is 2.56 bits per heavy atom. The Balaban J connectivity index is 1.29. The lowest BCUT2D eigenvalue weighted by molar-refractivity contribution is -0.911. The van der Waals surface area contributed by atoms with Gasteiger partial charge in [-0.3, -0.25) is 19.3 Å². The van der Waals surface area contributed by atoms with Gasteiger partial charge >= 0.3 is 5.97 Å². The molecule has 3 amide bonds. The number of β-lactam (4-membered cyclic amide) rings is 1. The first-order valence-corrected chi connectivity index (χ1v) is 17.6. The van der Waals surface area contributed by atoms with E-state index in [0.717, 1.165) is 35.1 Å². The highest BCUT2D eigenvalue weighted by Gasteiger charge is 2.54. The summed E-state index contributed by atoms with van der Waals surface area (Å²) in [7, 11) is 0. The maximum atomic E-state index is 13.4. The van der Waals surface area contributed by atoms with E-state index in [1.165, 1.54) is 37.1 Å². The summed E-state index contributed by atoms with van der Waals surface area (Å²) in [5.41, 5.74) is 3.67. The monoisotopic (exact) mass is 751 g/mol. The molecule has 0 radical (unpaired) electrons. The summed E-state index contributed by atoms with van der Waals surface area (Å²) in [5.74, 6) is -5.89. The average molecular weight is 752 g/mol. The topological polar surface area (TPSA) is 257 Å². The zero-order valence-corrected chi connectivity index (χ0v) is 29.2. The molecule has 2 aromatic rings. The third-order valence-electron chi connectivity index (χ3n) is 8.64. The van der Waals surface area contributed by atoms with Crippen LogP contribution >= 0.6 is 34.7 Å². The number of thioether (sulfide) groups is 1. The van der Waals surface area contributed by atoms with Crippen LogP contribution in [0, 0.1) is 0 Å². The van der Waals surface area contributed by atoms with Crippen LogP contribution in [-0.4, -0.2) is 121 Å². The van der Waals surface area contributed by atoms with Gasteiger partial charge in [0.25, 0.3) is 17.7 Å². The molecule has 2 saturated heterocycles. The summed E-state index contributed by atoms with van der Waals surface area (Å²) in [6.45, 7) is 4.76. The van der Waals surface area contributed by atoms with E-state index >= 15 is 0 Å². The van der Waals surface area contributed by atoms with Crippen LogP contribution < -0.4 is 21.5 Å². The molecule has 0 bridgehead atoms. The predicted octanol–water partition coefficient (Wildman–Crippen LogP) is -0.182. The van der Waals surface area contributed by atoms with E-state index in [9.17, 15) is 44.4 Å². The highest BCUT2D eigenvalue weighted by Crippen LogP contribution is 2.41. The van der Waals surface area contributed by atoms with E-state index in [2.05, 4.69) is 20.8 Å². The van der Waals surface area contributed by atoms with Gasteiger partial charge in [-0.1, -0.05) is 16.8 Å². The van der Waals surface area contributed by atoms with Crippen molar-refractivity contribution >= 4 is 75.2 Å². The number of oxime groups is 1. The molecule has 0 saturated carbocycles. The minimum atomic E-state index is -1.80. The second kappa shape index (κ2) is 14.3. The quantitative estimate of drug-likeness (QED) is 0.0511. The van der Waals surface area contributed by atoms with E-state index in [1.54, 1.807) is 0 Å². The summed E-state index contributed by atoms with van der Waals surface area (Å²) < 4.78 is 0.442. The Kier molecular flexibility index (Phi) is 10.5. The second-order valence-electron chi connectivity index (χ2n) is 12.4. The number of carboxylic acid groups (broad SMARTS) is 2. The first kappa shape index (κ1) is 36.7. The van der Waals surface area contributed by atoms with Gasteiger partial charge in [-0.2, -0.15) is 0 Å². The summed E-state index contributed by atoms with van der Waals surface area (Å²) in [6, 6.07) is 1.30. The Hall–Kier alpha value is -4.59. The summed E-state index contributed by atoms with van der Waals surface area (Å²) in [6.07, 6.45) is 1.74. The largest absolute Gasteiger partial charge is 0.543 e. The SMILES string of the molecule is CC(C)(O/N=C(/C(=O)NC1C(=O)N2C(C(=O)[O-])=C(C[N+]3(CCNC(=O)c4ccc(O)c(O)c4Cl)CCCC3)CSC12)c1csc(N)n1)C(=O)O. The van der Waals surface area contributed by atoms with E-state index in [4.69, 9.17) is 22.2 Å². The Bertz CT molecular complexity index is 1810. The number of fused-ring (bicyclic) bond motifs is 1. The third-order valence-corrected chi connectivity index (χ3v) is 11.0. The zero-order valence-electron chi connectivity index (χ0n) is 26.8. The lowest BCUT2D eigenvalue weighted by atomic mass is 10.0. The number of nitrogens with zero attached hydrogens (tertiary/aromatic N) is 4. The molecular formula is C30H34ClN7O10S2. The number of thiazole rings is 1. The number of nitrogen functional groups attached to an aromatic ring is 1. The average Bonchev–Trinajstić information content (AvgIpc) is 3.71. The number of halogens is 1. The zero-order chi connectivity index (χ0) is 36.5. The molecule has 1 aromatic heterocycles. The van der Waals surface area contributed by atoms with Crippen LogP contribution in [0.1, 0.15) is 42.7 Å². The van der Waals surface area contributed by atoms with Gasteiger partial charge in [0, 0.05) is 29.5 Å². The number of nitrogens with two attached hydrogens (primary N) is 1. The summed E-state index contributed by atoms with van der Waals surface area (Å²) in [5, 5.41) is 50.9. The fraction of sp³-hybridized carbons (Fsp3) is 0.433. The number of likely N-dealkylation sites (tertiary alicyclic amines) is 1. The number of carbonyl (C=O) groups is 5. The molecule has 5 rings (SSSR count). The Morgan fingerprint density at radius 1 is 1.24 bits per heavy atom. The second-order valence-corrected chi connectivity index (χ2v) is 14.8. The minimum Gasteiger partial charge on any atom is -0.543 e. The fourth-order valence-electron chi connectivity index (χ4n) is 5.91. The molecule has 0 aliphatic carbocycles. The maximum absolute atomic E-state index is 13.4. The highest BCUT2D eigenvalue weighted by atomic mass is 35.5. The molecule has 268 valence electrons. The minimum absolute atomic E-state index is 0.0103. The van der Waals surface area contributed by atoms with Gasteiger partial charge in [-0.25, -0.2) is 9.78 Å². The van der Waals surface area contributed by atoms with Gasteiger partial charge in [0.15, 0.2) is 22.3 Å². The number of carboxylic acids is 2. The molecule has 20 heteroatoms. The molecule has 2 fully saturated rings. The third kappa shape index (κ3) is 7.30. The number of aromatic nitrogens is 1. The van der Waals surface area contributed by atoms with E-state index < -0.39 is 63.9 Å². The van der Waals surface area contributed by atoms with Crippen LogP contribution in [0.5, 0.6) is 11.5 Å². The fourth-order valence-corrected chi connectivity index (χ4v) is 8.03. The number of amides is 3. The number of phenols is 2. The number of nitrogens with one attached hydrogen (secondary N) is 2. The van der Waals surface area contributed by atoms with Crippen molar-refractivity contribution in [2.45, 2.75) is 43.7 Å². The standard InChI is InChI=1S/C30H34ClN7O10S2/c1-30(2,28(46)47)48-36-19(16-13-50-29(32)34-16)24(42)35-20-25(43)37-21(27(44)45)14(12-49-26(20)37)11-38(8-3-4-9-38)10-7-33-23(41)15-5-6-17(39)22(40)18(15)31/h5-6,13,20,26H,3-4,7-12H2,1-2H3,(H7-,32,33,34,35,36,39,40,41,42,44,45,46,47). The van der Waals surface area contributed by atoms with Gasteiger partial charge in [-0.15, -0.1) is 23.1 Å². The molecule has 4 heterocycles. The number of carbonyl (C=O) groups excluding carboxylic acids is 4. The number of aliphatic carboxylic acids is 2. The number of quaternary nitrogens is 1. The summed E-state index contributed by atoms with van der Waals surface area (Å²) >= 11 is 8.29. The van der Waals surface area contributed by atoms with Crippen LogP contribution in [-0.2, 0) is 24.0 Å². The van der Waals surface area contributed by atoms with Gasteiger partial charge < -0.3 is 50.9 Å². The van der Waals surface area contributed by atoms with E-state index in [1.807, 2.05) is 0 Å². The number of phenolic OH excluding ortho intramolecular Hbond substituents is 2. The lowest BCUT2D eigenvalue weighted by Crippen LogP contribution is -2.72. The van der Waals surface area contributed by atoms with Crippen molar-refractivity contribution < 1.29 is 53.7 Å². The maximum Gasteiger partial charge on any atom is 0.350 e. The smallest absolute Gasteiger partial charge is 0.350 e. The van der Waals surface area contributed by atoms with E-state index in [-0.39, 0.29) is 46.0 Å². The molecule has 3 aliphatic rings. The van der Waals surface area contributed by atoms with Crippen molar-refractivity contribution in [3.05, 3.63) is 45.1 Å². The van der Waals surface area contributed by atoms with Crippen molar-refractivity contribution in [3.63, 3.8) is 0 Å². The van der Waals surface area contributed by atoms with Gasteiger partial charge in [-0.05, 0) is 26.0 Å². The number of rotatable bonds is 13. The molecule has 3 aliphatic heterocycles. The van der Waals surface area contributed by atoms with Crippen molar-refractivity contribution in [1.29, 1.82) is 0 Å². The summed E-state index contributed by atoms with van der Waals surface area (Å²) in [4.78, 5) is 73.8. The van der Waals surface area contributed by atoms with Crippen molar-refractivity contribution in [2.24, 2.45) is 5.16 Å². The molecule has 2 atom stereocenters. The highest BCUT2D eigenvalue weighted by molar-refractivity contribution is 8.00. The Labute approximate surface area is 298 Å². The number of anilines is 1. The molecule has 7 N–H and O–H groups in total. The van der Waals surface area contributed by atoms with Crippen molar-refractivity contribution in [2.75, 3.05) is 44.2 Å². The number of hydrogen-bond acceptors (Lipinski definition) is 14. The van der Waals surface area contributed by atoms with Crippen LogP contribution in [0.3, 0.4) is 0 Å². The predicted molar refractivity (Wildman–Crippen MR) is 179 cm³/mol. The van der Waals surface area contributed by atoms with Gasteiger partial charge in [0.05, 0.1) is 48.4 Å². The Morgan fingerprint density at radius 2 is 1.94 bits per heavy atom. The normalized spacial score (nSPS) is 20.2. The van der Waals surface area contributed by atoms with Crippen LogP contribution in [0.2, 0.25) is 5.02 Å². The first-order chi connectivity index (χ1) is 23.5. The van der Waals surface area contributed by atoms with Gasteiger partial charge in [0.1, 0.15) is 23.7 Å². The lowest BCUT2D eigenvalue weighted by Gasteiger charge is -2.51. The first-order valence-electron chi connectivity index (χ1n) is 15.3. The van der Waals surface area contributed by atoms with Crippen LogP contribution in [0.15, 0.2) is 33.9 Å². The van der Waals surface area contributed by atoms with Gasteiger partial charge in [0.2, 0.25) is 5.60 Å². The van der Waals surface area contributed by atoms with Crippen LogP contribution in [0.4, 0.5) is 5.13 Å². The molecule has 17 nitrogen and oxygen atoms in total. The molecule has 50 heavy (non-hydrogen) atoms.